The predicted molar refractivity (Wildman–Crippen MR) is 85.4 cm³/mol. The molecule has 1 fully saturated rings. The first-order valence-corrected chi connectivity index (χ1v) is 8.22. The highest BCUT2D eigenvalue weighted by Gasteiger charge is 2.19. The van der Waals surface area contributed by atoms with Crippen molar-refractivity contribution >= 4 is 29.1 Å². The van der Waals surface area contributed by atoms with Crippen LogP contribution in [0.3, 0.4) is 0 Å². The summed E-state index contributed by atoms with van der Waals surface area (Å²) in [6.45, 7) is 2.62. The van der Waals surface area contributed by atoms with Gasteiger partial charge in [-0.15, -0.1) is 0 Å². The normalized spacial score (nSPS) is 17.5. The molecule has 4 rings (SSSR count). The molecule has 3 heterocycles. The molecule has 0 bridgehead atoms. The van der Waals surface area contributed by atoms with Gasteiger partial charge < -0.3 is 5.32 Å². The van der Waals surface area contributed by atoms with Crippen LogP contribution in [-0.4, -0.2) is 33.7 Å². The number of hydrogen-bond acceptors (Lipinski definition) is 6. The smallest absolute Gasteiger partial charge is 0.163 e. The molecule has 6 heteroatoms. The average molecular weight is 312 g/mol. The van der Waals surface area contributed by atoms with Gasteiger partial charge in [0.05, 0.1) is 5.69 Å². The van der Waals surface area contributed by atoms with E-state index >= 15 is 0 Å². The molecule has 2 aliphatic rings. The summed E-state index contributed by atoms with van der Waals surface area (Å²) in [5.41, 5.74) is 2.34. The van der Waals surface area contributed by atoms with E-state index in [4.69, 9.17) is 0 Å². The number of carbonyl (C=O) groups is 1. The van der Waals surface area contributed by atoms with Crippen molar-refractivity contribution in [3.05, 3.63) is 36.2 Å². The van der Waals surface area contributed by atoms with Crippen molar-refractivity contribution in [2.24, 2.45) is 0 Å². The van der Waals surface area contributed by atoms with E-state index < -0.39 is 0 Å². The summed E-state index contributed by atoms with van der Waals surface area (Å²) in [6.07, 6.45) is 4.78. The number of fused-ring (bicyclic) bond motifs is 2. The first-order chi connectivity index (χ1) is 10.8. The molecule has 0 radical (unpaired) electrons. The largest absolute Gasteiger partial charge is 0.337 e. The van der Waals surface area contributed by atoms with Crippen LogP contribution in [0.2, 0.25) is 0 Å². The standard InChI is InChI=1S/C16H16N4OS/c21-12-3-7-20(8-4-12)10-11-1-2-14-13(9-11)19-15-16(22-14)18-6-5-17-15/h1-2,5-6,9H,3-4,7-8,10H2,(H,17,19). The van der Waals surface area contributed by atoms with Crippen molar-refractivity contribution in [3.63, 3.8) is 0 Å². The highest BCUT2D eigenvalue weighted by atomic mass is 32.2. The topological polar surface area (TPSA) is 58.1 Å². The summed E-state index contributed by atoms with van der Waals surface area (Å²) >= 11 is 1.64. The van der Waals surface area contributed by atoms with Crippen LogP contribution in [0.4, 0.5) is 11.5 Å². The van der Waals surface area contributed by atoms with Crippen LogP contribution in [0.5, 0.6) is 0 Å². The van der Waals surface area contributed by atoms with Gasteiger partial charge >= 0.3 is 0 Å². The fourth-order valence-electron chi connectivity index (χ4n) is 2.80. The summed E-state index contributed by atoms with van der Waals surface area (Å²) in [5, 5.41) is 4.27. The first-order valence-electron chi connectivity index (χ1n) is 7.41. The number of benzene rings is 1. The summed E-state index contributed by atoms with van der Waals surface area (Å²) in [6, 6.07) is 6.47. The molecule has 0 unspecified atom stereocenters. The molecular formula is C16H16N4OS. The highest BCUT2D eigenvalue weighted by molar-refractivity contribution is 7.99. The Balaban J connectivity index is 1.52. The minimum atomic E-state index is 0.384. The Hall–Kier alpha value is -1.92. The summed E-state index contributed by atoms with van der Waals surface area (Å²) in [5.74, 6) is 1.20. The number of anilines is 2. The summed E-state index contributed by atoms with van der Waals surface area (Å²) < 4.78 is 0. The van der Waals surface area contributed by atoms with Gasteiger partial charge in [-0.3, -0.25) is 9.69 Å². The zero-order valence-electron chi connectivity index (χ0n) is 12.1. The van der Waals surface area contributed by atoms with Crippen molar-refractivity contribution in [2.45, 2.75) is 29.3 Å². The predicted octanol–water partition coefficient (Wildman–Crippen LogP) is 2.85. The van der Waals surface area contributed by atoms with Gasteiger partial charge in [-0.05, 0) is 17.7 Å². The fraction of sp³-hybridized carbons (Fsp3) is 0.312. The quantitative estimate of drug-likeness (QED) is 0.785. The minimum absolute atomic E-state index is 0.384. The van der Waals surface area contributed by atoms with Gasteiger partial charge in [-0.1, -0.05) is 17.8 Å². The molecular weight excluding hydrogens is 296 g/mol. The average Bonchev–Trinajstić information content (AvgIpc) is 2.55. The van der Waals surface area contributed by atoms with Crippen LogP contribution >= 0.6 is 11.8 Å². The number of carbonyl (C=O) groups excluding carboxylic acids is 1. The van der Waals surface area contributed by atoms with Gasteiger partial charge in [0.15, 0.2) is 5.82 Å². The Morgan fingerprint density at radius 1 is 1.18 bits per heavy atom. The van der Waals surface area contributed by atoms with E-state index in [2.05, 4.69) is 38.4 Å². The SMILES string of the molecule is O=C1CCN(Cc2ccc3c(c2)Nc2nccnc2S3)CC1. The van der Waals surface area contributed by atoms with Crippen molar-refractivity contribution in [2.75, 3.05) is 18.4 Å². The lowest BCUT2D eigenvalue weighted by atomic mass is 10.1. The molecule has 0 aliphatic carbocycles. The Morgan fingerprint density at radius 3 is 2.86 bits per heavy atom. The third-order valence-corrected chi connectivity index (χ3v) is 5.06. The number of rotatable bonds is 2. The molecule has 1 N–H and O–H groups in total. The highest BCUT2D eigenvalue weighted by Crippen LogP contribution is 2.42. The molecule has 1 aromatic heterocycles. The van der Waals surface area contributed by atoms with Crippen molar-refractivity contribution in [1.82, 2.24) is 14.9 Å². The van der Waals surface area contributed by atoms with Gasteiger partial charge in [0.2, 0.25) is 0 Å². The molecule has 5 nitrogen and oxygen atoms in total. The molecule has 2 aromatic rings. The lowest BCUT2D eigenvalue weighted by molar-refractivity contribution is -0.121. The number of piperidine rings is 1. The van der Waals surface area contributed by atoms with Crippen molar-refractivity contribution in [1.29, 1.82) is 0 Å². The number of Topliss-reactive ketones (excluding diaryl/α,β-unsaturated/α-hetero) is 1. The molecule has 0 atom stereocenters. The van der Waals surface area contributed by atoms with Crippen LogP contribution < -0.4 is 5.32 Å². The minimum Gasteiger partial charge on any atom is -0.337 e. The maximum absolute atomic E-state index is 11.3. The molecule has 0 spiro atoms. The fourth-order valence-corrected chi connectivity index (χ4v) is 3.68. The Bertz CT molecular complexity index is 724. The van der Waals surface area contributed by atoms with Gasteiger partial charge in [0.1, 0.15) is 10.8 Å². The third-order valence-electron chi connectivity index (χ3n) is 3.99. The number of nitrogens with one attached hydrogen (secondary N) is 1. The van der Waals surface area contributed by atoms with Crippen LogP contribution in [0.15, 0.2) is 40.5 Å². The zero-order valence-corrected chi connectivity index (χ0v) is 12.9. The molecule has 0 amide bonds. The number of aromatic nitrogens is 2. The lowest BCUT2D eigenvalue weighted by Gasteiger charge is -2.26. The van der Waals surface area contributed by atoms with E-state index in [-0.39, 0.29) is 0 Å². The zero-order chi connectivity index (χ0) is 14.9. The summed E-state index contributed by atoms with van der Waals surface area (Å²) in [7, 11) is 0. The molecule has 112 valence electrons. The van der Waals surface area contributed by atoms with E-state index in [0.717, 1.165) is 36.2 Å². The maximum Gasteiger partial charge on any atom is 0.163 e. The van der Waals surface area contributed by atoms with E-state index in [0.29, 0.717) is 18.6 Å². The second kappa shape index (κ2) is 5.70. The van der Waals surface area contributed by atoms with E-state index in [1.165, 1.54) is 10.5 Å². The van der Waals surface area contributed by atoms with Crippen LogP contribution in [0.1, 0.15) is 18.4 Å². The van der Waals surface area contributed by atoms with Crippen LogP contribution in [0.25, 0.3) is 0 Å². The first kappa shape index (κ1) is 13.7. The van der Waals surface area contributed by atoms with Gasteiger partial charge in [-0.25, -0.2) is 9.97 Å². The molecule has 0 saturated carbocycles. The monoisotopic (exact) mass is 312 g/mol. The Labute approximate surface area is 133 Å². The molecule has 1 aromatic carbocycles. The Morgan fingerprint density at radius 2 is 2.00 bits per heavy atom. The van der Waals surface area contributed by atoms with E-state index in [1.807, 2.05) is 0 Å². The summed E-state index contributed by atoms with van der Waals surface area (Å²) in [4.78, 5) is 23.5. The van der Waals surface area contributed by atoms with Crippen LogP contribution in [0, 0.1) is 0 Å². The number of ketones is 1. The number of hydrogen-bond donors (Lipinski definition) is 1. The van der Waals surface area contributed by atoms with Crippen molar-refractivity contribution < 1.29 is 4.79 Å². The molecule has 1 saturated heterocycles. The Kier molecular flexibility index (Phi) is 3.56. The second-order valence-corrected chi connectivity index (χ2v) is 6.61. The van der Waals surface area contributed by atoms with Crippen molar-refractivity contribution in [3.8, 4) is 0 Å². The van der Waals surface area contributed by atoms with Gasteiger partial charge in [0.25, 0.3) is 0 Å². The third kappa shape index (κ3) is 2.71. The maximum atomic E-state index is 11.3. The van der Waals surface area contributed by atoms with Gasteiger partial charge in [-0.2, -0.15) is 0 Å². The van der Waals surface area contributed by atoms with E-state index in [9.17, 15) is 4.79 Å². The molecule has 22 heavy (non-hydrogen) atoms. The molecule has 2 aliphatic heterocycles. The number of nitrogens with zero attached hydrogens (tertiary/aromatic N) is 3. The lowest BCUT2D eigenvalue weighted by Crippen LogP contribution is -2.33. The number of likely N-dealkylation sites (tertiary alicyclic amines) is 1. The van der Waals surface area contributed by atoms with E-state index in [1.54, 1.807) is 24.2 Å². The van der Waals surface area contributed by atoms with Gasteiger partial charge in [0, 0.05) is 49.8 Å². The second-order valence-electron chi connectivity index (χ2n) is 5.58. The van der Waals surface area contributed by atoms with Crippen LogP contribution in [-0.2, 0) is 11.3 Å².